The summed E-state index contributed by atoms with van der Waals surface area (Å²) in [5.41, 5.74) is 5.06. The summed E-state index contributed by atoms with van der Waals surface area (Å²) in [6, 6.07) is 20.6. The average molecular weight is 476 g/mol. The van der Waals surface area contributed by atoms with Crippen molar-refractivity contribution >= 4 is 22.7 Å². The van der Waals surface area contributed by atoms with Crippen LogP contribution in [-0.4, -0.2) is 23.7 Å². The van der Waals surface area contributed by atoms with E-state index in [1.165, 1.54) is 12.1 Å². The molecule has 0 atom stereocenters. The quantitative estimate of drug-likeness (QED) is 0.234. The topological polar surface area (TPSA) is 78.9 Å². The lowest BCUT2D eigenvalue weighted by Gasteiger charge is -2.12. The lowest BCUT2D eigenvalue weighted by atomic mass is 10.1. The molecule has 0 aliphatic carbocycles. The number of hydrogen-bond acceptors (Lipinski definition) is 6. The first-order valence-corrected chi connectivity index (χ1v) is 11.6. The van der Waals surface area contributed by atoms with Crippen molar-refractivity contribution in [3.05, 3.63) is 98.2 Å². The van der Waals surface area contributed by atoms with Gasteiger partial charge in [0.05, 0.1) is 30.5 Å². The monoisotopic (exact) mass is 475 g/mol. The van der Waals surface area contributed by atoms with Crippen molar-refractivity contribution in [2.75, 3.05) is 14.2 Å². The van der Waals surface area contributed by atoms with Crippen LogP contribution in [0.5, 0.6) is 11.5 Å². The number of aromatic nitrogens is 1. The Bertz CT molecular complexity index is 1370. The van der Waals surface area contributed by atoms with E-state index < -0.39 is 0 Å². The van der Waals surface area contributed by atoms with E-state index >= 15 is 0 Å². The minimum Gasteiger partial charge on any atom is -0.493 e. The summed E-state index contributed by atoms with van der Waals surface area (Å²) in [6.45, 7) is 2.72. The van der Waals surface area contributed by atoms with Crippen LogP contribution in [0.4, 0.5) is 11.4 Å². The second-order valence-corrected chi connectivity index (χ2v) is 8.53. The van der Waals surface area contributed by atoms with Gasteiger partial charge in [0.25, 0.3) is 5.69 Å². The number of hydrogen-bond donors (Lipinski definition) is 0. The van der Waals surface area contributed by atoms with Gasteiger partial charge in [0.15, 0.2) is 16.3 Å². The van der Waals surface area contributed by atoms with E-state index in [-0.39, 0.29) is 10.6 Å². The van der Waals surface area contributed by atoms with Gasteiger partial charge in [-0.15, -0.1) is 11.3 Å². The zero-order valence-corrected chi connectivity index (χ0v) is 20.0. The summed E-state index contributed by atoms with van der Waals surface area (Å²) in [6.07, 6.45) is 0.748. The van der Waals surface area contributed by atoms with Gasteiger partial charge in [0.2, 0.25) is 0 Å². The number of thiazole rings is 1. The molecule has 1 heterocycles. The van der Waals surface area contributed by atoms with E-state index in [4.69, 9.17) is 14.5 Å². The molecule has 0 bridgehead atoms. The number of rotatable bonds is 8. The molecule has 174 valence electrons. The van der Waals surface area contributed by atoms with Crippen molar-refractivity contribution in [3.63, 3.8) is 0 Å². The van der Waals surface area contributed by atoms with Crippen LogP contribution >= 0.6 is 11.3 Å². The summed E-state index contributed by atoms with van der Waals surface area (Å²) >= 11 is 1.55. The molecule has 34 heavy (non-hydrogen) atoms. The number of nitrogens with zero attached hydrogens (tertiary/aromatic N) is 3. The summed E-state index contributed by atoms with van der Waals surface area (Å²) in [7, 11) is 3.25. The Balaban J connectivity index is 1.74. The predicted octanol–water partition coefficient (Wildman–Crippen LogP) is 5.93. The van der Waals surface area contributed by atoms with Crippen molar-refractivity contribution in [1.29, 1.82) is 0 Å². The first kappa shape index (κ1) is 23.3. The Morgan fingerprint density at radius 2 is 1.74 bits per heavy atom. The van der Waals surface area contributed by atoms with Crippen molar-refractivity contribution in [1.82, 2.24) is 4.57 Å². The van der Waals surface area contributed by atoms with E-state index in [1.54, 1.807) is 37.7 Å². The lowest BCUT2D eigenvalue weighted by molar-refractivity contribution is -0.384. The van der Waals surface area contributed by atoms with Gasteiger partial charge in [0, 0.05) is 24.1 Å². The normalized spacial score (nSPS) is 11.4. The minimum absolute atomic E-state index is 0.0701. The van der Waals surface area contributed by atoms with Crippen LogP contribution in [0.25, 0.3) is 11.3 Å². The van der Waals surface area contributed by atoms with Crippen molar-refractivity contribution < 1.29 is 14.4 Å². The van der Waals surface area contributed by atoms with Crippen molar-refractivity contribution in [2.45, 2.75) is 19.9 Å². The molecular weight excluding hydrogens is 450 g/mol. The third-order valence-electron chi connectivity index (χ3n) is 5.58. The Morgan fingerprint density at radius 1 is 1.00 bits per heavy atom. The smallest absolute Gasteiger partial charge is 0.269 e. The number of benzene rings is 3. The Labute approximate surface area is 201 Å². The molecule has 7 nitrogen and oxygen atoms in total. The van der Waals surface area contributed by atoms with Gasteiger partial charge in [-0.2, -0.15) is 0 Å². The molecule has 0 amide bonds. The molecule has 0 saturated heterocycles. The highest BCUT2D eigenvalue weighted by Gasteiger charge is 2.12. The Hall–Kier alpha value is -3.91. The third kappa shape index (κ3) is 5.02. The molecule has 4 rings (SSSR count). The van der Waals surface area contributed by atoms with Crippen molar-refractivity contribution in [2.24, 2.45) is 4.99 Å². The average Bonchev–Trinajstić information content (AvgIpc) is 3.26. The van der Waals surface area contributed by atoms with Gasteiger partial charge < -0.3 is 14.0 Å². The number of non-ortho nitro benzene ring substituents is 1. The Kier molecular flexibility index (Phi) is 7.08. The zero-order valence-electron chi connectivity index (χ0n) is 19.2. The van der Waals surface area contributed by atoms with Gasteiger partial charge in [-0.25, -0.2) is 4.99 Å². The van der Waals surface area contributed by atoms with Crippen LogP contribution in [0, 0.1) is 17.0 Å². The second-order valence-electron chi connectivity index (χ2n) is 7.70. The molecule has 0 fully saturated rings. The summed E-state index contributed by atoms with van der Waals surface area (Å²) < 4.78 is 13.0. The highest BCUT2D eigenvalue weighted by molar-refractivity contribution is 7.07. The molecule has 0 spiro atoms. The molecule has 0 saturated carbocycles. The fraction of sp³-hybridized carbons (Fsp3) is 0.192. The third-order valence-corrected chi connectivity index (χ3v) is 6.44. The SMILES string of the molecule is COc1ccc(CCn2c(-c3ccc([N+](=O)[O-])cc3)csc2=Nc2ccccc2C)cc1OC. The maximum absolute atomic E-state index is 11.1. The highest BCUT2D eigenvalue weighted by atomic mass is 32.1. The van der Waals surface area contributed by atoms with E-state index in [2.05, 4.69) is 4.57 Å². The molecule has 1 aromatic heterocycles. The summed E-state index contributed by atoms with van der Waals surface area (Å²) in [4.78, 5) is 16.5. The molecule has 0 aliphatic heterocycles. The van der Waals surface area contributed by atoms with E-state index in [0.29, 0.717) is 18.0 Å². The standard InChI is InChI=1S/C26H25N3O4S/c1-18-6-4-5-7-22(18)27-26-28(15-14-19-8-13-24(32-2)25(16-19)33-3)23(17-34-26)20-9-11-21(12-10-20)29(30)31/h4-13,16-17H,14-15H2,1-3H3. The van der Waals surface area contributed by atoms with Gasteiger partial charge in [-0.1, -0.05) is 24.3 Å². The first-order chi connectivity index (χ1) is 16.5. The molecule has 0 N–H and O–H groups in total. The highest BCUT2D eigenvalue weighted by Crippen LogP contribution is 2.29. The first-order valence-electron chi connectivity index (χ1n) is 10.7. The lowest BCUT2D eigenvalue weighted by Crippen LogP contribution is -2.17. The van der Waals surface area contributed by atoms with E-state index in [9.17, 15) is 10.1 Å². The molecule has 0 aliphatic rings. The Morgan fingerprint density at radius 3 is 2.41 bits per heavy atom. The van der Waals surface area contributed by atoms with Crippen LogP contribution < -0.4 is 14.3 Å². The fourth-order valence-electron chi connectivity index (χ4n) is 3.69. The van der Waals surface area contributed by atoms with Crippen LogP contribution in [-0.2, 0) is 13.0 Å². The van der Waals surface area contributed by atoms with Crippen molar-refractivity contribution in [3.8, 4) is 22.8 Å². The van der Waals surface area contributed by atoms with Gasteiger partial charge in [-0.3, -0.25) is 10.1 Å². The number of methoxy groups -OCH3 is 2. The summed E-state index contributed by atoms with van der Waals surface area (Å²) in [5, 5.41) is 13.1. The predicted molar refractivity (Wildman–Crippen MR) is 134 cm³/mol. The minimum atomic E-state index is -0.387. The largest absolute Gasteiger partial charge is 0.493 e. The number of ether oxygens (including phenoxy) is 2. The molecular formula is C26H25N3O4S. The molecule has 3 aromatic carbocycles. The maximum atomic E-state index is 11.1. The fourth-order valence-corrected chi connectivity index (χ4v) is 4.64. The van der Waals surface area contributed by atoms with Gasteiger partial charge >= 0.3 is 0 Å². The van der Waals surface area contributed by atoms with Gasteiger partial charge in [0.1, 0.15) is 0 Å². The molecule has 4 aromatic rings. The second kappa shape index (κ2) is 10.4. The molecule has 8 heteroatoms. The number of aryl methyl sites for hydroxylation is 2. The van der Waals surface area contributed by atoms with Crippen LogP contribution in [0.1, 0.15) is 11.1 Å². The maximum Gasteiger partial charge on any atom is 0.269 e. The number of para-hydroxylation sites is 1. The van der Waals surface area contributed by atoms with E-state index in [1.807, 2.05) is 54.8 Å². The number of nitro groups is 1. The van der Waals surface area contributed by atoms with E-state index in [0.717, 1.165) is 39.3 Å². The molecule has 0 unspecified atom stereocenters. The zero-order chi connectivity index (χ0) is 24.1. The van der Waals surface area contributed by atoms with Crippen LogP contribution in [0.15, 0.2) is 77.1 Å². The van der Waals surface area contributed by atoms with Crippen LogP contribution in [0.2, 0.25) is 0 Å². The van der Waals surface area contributed by atoms with Gasteiger partial charge in [-0.05, 0) is 60.4 Å². The van der Waals surface area contributed by atoms with Crippen LogP contribution in [0.3, 0.4) is 0 Å². The number of nitro benzene ring substituents is 1. The summed E-state index contributed by atoms with van der Waals surface area (Å²) in [5.74, 6) is 1.38. The molecule has 0 radical (unpaired) electrons.